The van der Waals surface area contributed by atoms with E-state index >= 15 is 0 Å². The monoisotopic (exact) mass is 308 g/mol. The van der Waals surface area contributed by atoms with E-state index in [0.29, 0.717) is 0 Å². The van der Waals surface area contributed by atoms with E-state index in [1.165, 1.54) is 0 Å². The van der Waals surface area contributed by atoms with Crippen LogP contribution in [0.1, 0.15) is 0 Å². The van der Waals surface area contributed by atoms with Gasteiger partial charge in [0.05, 0.1) is 0 Å². The standard InChI is InChI=1S/C6H2AsF5O4/c8-1-2(9)4(11)6(5(12)3(1)10)16-7(13,14)15/h(H2,13,14,15). The van der Waals surface area contributed by atoms with Gasteiger partial charge in [0, 0.05) is 0 Å². The first-order valence-corrected chi connectivity index (χ1v) is 6.62. The fourth-order valence-corrected chi connectivity index (χ4v) is 1.62. The van der Waals surface area contributed by atoms with E-state index in [2.05, 4.69) is 3.73 Å². The van der Waals surface area contributed by atoms with E-state index < -0.39 is 49.3 Å². The van der Waals surface area contributed by atoms with Gasteiger partial charge >= 0.3 is 87.0 Å². The third-order valence-electron chi connectivity index (χ3n) is 1.38. The summed E-state index contributed by atoms with van der Waals surface area (Å²) in [6.07, 6.45) is 0. The van der Waals surface area contributed by atoms with Crippen LogP contribution in [0.15, 0.2) is 0 Å². The van der Waals surface area contributed by atoms with Gasteiger partial charge in [-0.2, -0.15) is 0 Å². The van der Waals surface area contributed by atoms with Gasteiger partial charge in [-0.05, 0) is 0 Å². The van der Waals surface area contributed by atoms with Crippen molar-refractivity contribution < 1.29 is 37.6 Å². The fraction of sp³-hybridized carbons (Fsp3) is 0. The van der Waals surface area contributed by atoms with Gasteiger partial charge in [-0.1, -0.05) is 0 Å². The Morgan fingerprint density at radius 3 is 1.44 bits per heavy atom. The summed E-state index contributed by atoms with van der Waals surface area (Å²) in [5, 5.41) is 0. The molecule has 4 nitrogen and oxygen atoms in total. The first-order chi connectivity index (χ1) is 7.15. The fourth-order valence-electron chi connectivity index (χ4n) is 0.784. The molecule has 1 aromatic carbocycles. The zero-order chi connectivity index (χ0) is 12.7. The summed E-state index contributed by atoms with van der Waals surface area (Å²) in [5.41, 5.74) is 0. The Morgan fingerprint density at radius 2 is 1.12 bits per heavy atom. The minimum absolute atomic E-state index is 2.00. The first kappa shape index (κ1) is 13.0. The molecular weight excluding hydrogens is 306 g/mol. The normalized spacial score (nSPS) is 11.7. The summed E-state index contributed by atoms with van der Waals surface area (Å²) in [6.45, 7) is 0. The van der Waals surface area contributed by atoms with Crippen LogP contribution >= 0.6 is 0 Å². The van der Waals surface area contributed by atoms with E-state index in [4.69, 9.17) is 8.19 Å². The molecule has 16 heavy (non-hydrogen) atoms. The Morgan fingerprint density at radius 1 is 0.812 bits per heavy atom. The Bertz CT molecular complexity index is 455. The molecule has 0 aliphatic rings. The van der Waals surface area contributed by atoms with Crippen LogP contribution in [0.4, 0.5) is 22.0 Å². The second-order valence-electron chi connectivity index (χ2n) is 2.48. The van der Waals surface area contributed by atoms with Crippen LogP contribution in [0.5, 0.6) is 5.75 Å². The SMILES string of the molecule is O=[As](O)(O)Oc1c(F)c(F)c(F)c(F)c1F. The molecule has 1 aromatic rings. The molecule has 0 aliphatic heterocycles. The molecule has 0 saturated heterocycles. The molecule has 1 rings (SSSR count). The summed E-state index contributed by atoms with van der Waals surface area (Å²) in [6, 6.07) is 0. The zero-order valence-electron chi connectivity index (χ0n) is 7.05. The number of hydrogen-bond acceptors (Lipinski definition) is 2. The van der Waals surface area contributed by atoms with Crippen molar-refractivity contribution in [3.05, 3.63) is 29.1 Å². The minimum atomic E-state index is -6.04. The van der Waals surface area contributed by atoms with Crippen LogP contribution in [-0.4, -0.2) is 22.7 Å². The molecule has 0 bridgehead atoms. The predicted molar refractivity (Wildman–Crippen MR) is 37.7 cm³/mol. The molecule has 90 valence electrons. The van der Waals surface area contributed by atoms with Crippen molar-refractivity contribution in [1.82, 2.24) is 0 Å². The molecule has 0 atom stereocenters. The molecular formula is C6H2AsF5O4. The van der Waals surface area contributed by atoms with Crippen LogP contribution in [0.3, 0.4) is 0 Å². The molecule has 0 aliphatic carbocycles. The zero-order valence-corrected chi connectivity index (χ0v) is 8.92. The molecule has 0 unspecified atom stereocenters. The molecule has 0 fully saturated rings. The summed E-state index contributed by atoms with van der Waals surface area (Å²) in [5.74, 6) is -14.0. The quantitative estimate of drug-likeness (QED) is 0.364. The van der Waals surface area contributed by atoms with E-state index in [1.54, 1.807) is 0 Å². The summed E-state index contributed by atoms with van der Waals surface area (Å²) >= 11 is -6.04. The maximum atomic E-state index is 12.8. The number of hydrogen-bond donors (Lipinski definition) is 2. The third kappa shape index (κ3) is 2.37. The van der Waals surface area contributed by atoms with Crippen molar-refractivity contribution in [1.29, 1.82) is 0 Å². The topological polar surface area (TPSA) is 66.8 Å². The molecule has 10 heteroatoms. The third-order valence-corrected chi connectivity index (χ3v) is 2.26. The van der Waals surface area contributed by atoms with Crippen molar-refractivity contribution in [2.45, 2.75) is 0 Å². The molecule has 0 aromatic heterocycles. The van der Waals surface area contributed by atoms with Gasteiger partial charge in [0.15, 0.2) is 0 Å². The van der Waals surface area contributed by atoms with E-state index in [1.807, 2.05) is 0 Å². The van der Waals surface area contributed by atoms with Crippen LogP contribution in [0.25, 0.3) is 0 Å². The second kappa shape index (κ2) is 4.08. The average Bonchev–Trinajstić information content (AvgIpc) is 2.17. The molecule has 0 heterocycles. The Labute approximate surface area is 87.6 Å². The van der Waals surface area contributed by atoms with Crippen LogP contribution < -0.4 is 3.73 Å². The summed E-state index contributed by atoms with van der Waals surface area (Å²) in [4.78, 5) is 0. The van der Waals surface area contributed by atoms with Crippen molar-refractivity contribution >= 4 is 14.5 Å². The summed E-state index contributed by atoms with van der Waals surface area (Å²) in [7, 11) is 0. The molecule has 0 amide bonds. The predicted octanol–water partition coefficient (Wildman–Crippen LogP) is 0.612. The van der Waals surface area contributed by atoms with E-state index in [-0.39, 0.29) is 0 Å². The van der Waals surface area contributed by atoms with Gasteiger partial charge in [0.2, 0.25) is 0 Å². The number of benzene rings is 1. The van der Waals surface area contributed by atoms with Gasteiger partial charge in [-0.3, -0.25) is 0 Å². The number of rotatable bonds is 2. The Hall–Kier alpha value is -1.05. The van der Waals surface area contributed by atoms with Gasteiger partial charge in [-0.15, -0.1) is 0 Å². The van der Waals surface area contributed by atoms with Crippen LogP contribution in [-0.2, 0) is 3.74 Å². The van der Waals surface area contributed by atoms with Crippen LogP contribution in [0, 0.1) is 29.1 Å². The van der Waals surface area contributed by atoms with Crippen LogP contribution in [0.2, 0.25) is 0 Å². The average molecular weight is 308 g/mol. The van der Waals surface area contributed by atoms with Crippen molar-refractivity contribution in [3.63, 3.8) is 0 Å². The van der Waals surface area contributed by atoms with E-state index in [9.17, 15) is 25.7 Å². The number of halogens is 5. The summed E-state index contributed by atoms with van der Waals surface area (Å²) < 4.78 is 93.1. The van der Waals surface area contributed by atoms with Crippen molar-refractivity contribution in [2.24, 2.45) is 0 Å². The maximum absolute atomic E-state index is 12.8. The van der Waals surface area contributed by atoms with Gasteiger partial charge in [0.1, 0.15) is 0 Å². The molecule has 0 saturated carbocycles. The van der Waals surface area contributed by atoms with E-state index in [0.717, 1.165) is 0 Å². The Balaban J connectivity index is 3.46. The molecule has 2 N–H and O–H groups in total. The molecule has 0 radical (unpaired) electrons. The molecule has 0 spiro atoms. The van der Waals surface area contributed by atoms with Crippen molar-refractivity contribution in [2.75, 3.05) is 0 Å². The Kier molecular flexibility index (Phi) is 3.32. The second-order valence-corrected chi connectivity index (χ2v) is 4.92. The van der Waals surface area contributed by atoms with Gasteiger partial charge in [0.25, 0.3) is 0 Å². The van der Waals surface area contributed by atoms with Gasteiger partial charge in [-0.25, -0.2) is 0 Å². The first-order valence-electron chi connectivity index (χ1n) is 3.41. The van der Waals surface area contributed by atoms with Crippen molar-refractivity contribution in [3.8, 4) is 5.75 Å². The van der Waals surface area contributed by atoms with Gasteiger partial charge < -0.3 is 0 Å².